The summed E-state index contributed by atoms with van der Waals surface area (Å²) in [6.45, 7) is 4.95. The van der Waals surface area contributed by atoms with Gasteiger partial charge in [0.2, 0.25) is 5.91 Å². The van der Waals surface area contributed by atoms with E-state index in [4.69, 9.17) is 15.1 Å². The number of amides is 1. The van der Waals surface area contributed by atoms with Gasteiger partial charge in [0.25, 0.3) is 0 Å². The van der Waals surface area contributed by atoms with Crippen LogP contribution in [0.4, 0.5) is 17.5 Å². The molecule has 0 bridgehead atoms. The van der Waals surface area contributed by atoms with Crippen molar-refractivity contribution in [3.8, 4) is 11.1 Å². The smallest absolute Gasteiger partial charge is 0.229 e. The summed E-state index contributed by atoms with van der Waals surface area (Å²) < 4.78 is 5.62. The average Bonchev–Trinajstić information content (AvgIpc) is 3.49. The van der Waals surface area contributed by atoms with E-state index in [1.807, 2.05) is 43.4 Å². The number of anilines is 3. The Morgan fingerprint density at radius 3 is 2.71 bits per heavy atom. The summed E-state index contributed by atoms with van der Waals surface area (Å²) in [7, 11) is 1.85. The quantitative estimate of drug-likeness (QED) is 0.488. The van der Waals surface area contributed by atoms with E-state index in [-0.39, 0.29) is 17.9 Å². The number of likely N-dealkylation sites (tertiary alicyclic amines) is 1. The molecule has 176 valence electrons. The van der Waals surface area contributed by atoms with Gasteiger partial charge in [-0.2, -0.15) is 5.10 Å². The molecule has 0 saturated carbocycles. The Bertz CT molecular complexity index is 1180. The van der Waals surface area contributed by atoms with Gasteiger partial charge in [0.05, 0.1) is 31.4 Å². The van der Waals surface area contributed by atoms with Gasteiger partial charge < -0.3 is 25.3 Å². The highest BCUT2D eigenvalue weighted by Crippen LogP contribution is 2.35. The maximum absolute atomic E-state index is 12.5. The number of carbonyl (C=O) groups excluding carboxylic acids is 1. The lowest BCUT2D eigenvalue weighted by atomic mass is 9.94. The number of carbonyl (C=O) groups is 1. The Kier molecular flexibility index (Phi) is 6.02. The first-order chi connectivity index (χ1) is 16.5. The summed E-state index contributed by atoms with van der Waals surface area (Å²) in [6.07, 6.45) is 3.84. The van der Waals surface area contributed by atoms with Crippen molar-refractivity contribution in [1.29, 1.82) is 5.41 Å². The van der Waals surface area contributed by atoms with E-state index in [1.165, 1.54) is 6.21 Å². The van der Waals surface area contributed by atoms with Crippen LogP contribution < -0.4 is 10.2 Å². The Balaban J connectivity index is 1.56. The zero-order valence-corrected chi connectivity index (χ0v) is 19.4. The molecule has 2 atom stereocenters. The summed E-state index contributed by atoms with van der Waals surface area (Å²) in [5.41, 5.74) is 3.59. The molecule has 3 aromatic rings. The monoisotopic (exact) mass is 459 g/mol. The van der Waals surface area contributed by atoms with E-state index in [0.29, 0.717) is 30.4 Å². The SMILES string of the molecule is C[C@@H]1COCCN1c1cc(-c2ccc(C3CCN(C)C3=O)cc2)c(C=N)c(Nc2ccn[nH]2)n1. The van der Waals surface area contributed by atoms with Crippen LogP contribution in [-0.2, 0) is 9.53 Å². The van der Waals surface area contributed by atoms with Crippen LogP contribution in [0.3, 0.4) is 0 Å². The fourth-order valence-corrected chi connectivity index (χ4v) is 4.72. The zero-order chi connectivity index (χ0) is 23.7. The molecule has 9 nitrogen and oxygen atoms in total. The average molecular weight is 460 g/mol. The molecule has 0 radical (unpaired) electrons. The number of hydrogen-bond donors (Lipinski definition) is 3. The van der Waals surface area contributed by atoms with Crippen molar-refractivity contribution >= 4 is 29.6 Å². The van der Waals surface area contributed by atoms with Crippen LogP contribution in [0, 0.1) is 5.41 Å². The number of likely N-dealkylation sites (N-methyl/N-ethyl adjacent to an activating group) is 1. The molecule has 2 aliphatic heterocycles. The number of ether oxygens (including phenoxy) is 1. The van der Waals surface area contributed by atoms with Gasteiger partial charge in [-0.25, -0.2) is 4.98 Å². The molecule has 2 fully saturated rings. The normalized spacial score (nSPS) is 20.6. The fourth-order valence-electron chi connectivity index (χ4n) is 4.72. The van der Waals surface area contributed by atoms with Gasteiger partial charge in [-0.15, -0.1) is 0 Å². The molecule has 3 N–H and O–H groups in total. The minimum absolute atomic E-state index is 0.0823. The second-order valence-electron chi connectivity index (χ2n) is 8.87. The first kappa shape index (κ1) is 22.1. The number of pyridine rings is 1. The molecule has 34 heavy (non-hydrogen) atoms. The van der Waals surface area contributed by atoms with Crippen molar-refractivity contribution in [3.05, 3.63) is 53.7 Å². The van der Waals surface area contributed by atoms with Crippen LogP contribution in [0.25, 0.3) is 11.1 Å². The minimum Gasteiger partial charge on any atom is -0.377 e. The summed E-state index contributed by atoms with van der Waals surface area (Å²) in [6, 6.07) is 12.2. The molecule has 1 aromatic carbocycles. The molecule has 0 aliphatic carbocycles. The number of morpholine rings is 1. The van der Waals surface area contributed by atoms with Crippen molar-refractivity contribution in [2.24, 2.45) is 0 Å². The number of nitrogens with zero attached hydrogens (tertiary/aromatic N) is 4. The number of aromatic amines is 1. The van der Waals surface area contributed by atoms with E-state index in [1.54, 1.807) is 11.1 Å². The van der Waals surface area contributed by atoms with Crippen LogP contribution in [0.1, 0.15) is 30.4 Å². The van der Waals surface area contributed by atoms with Gasteiger partial charge in [0.1, 0.15) is 17.5 Å². The van der Waals surface area contributed by atoms with E-state index in [0.717, 1.165) is 42.0 Å². The summed E-state index contributed by atoms with van der Waals surface area (Å²) in [4.78, 5) is 21.4. The lowest BCUT2D eigenvalue weighted by Gasteiger charge is -2.35. The first-order valence-corrected chi connectivity index (χ1v) is 11.6. The van der Waals surface area contributed by atoms with Crippen molar-refractivity contribution in [2.45, 2.75) is 25.3 Å². The highest BCUT2D eigenvalue weighted by molar-refractivity contribution is 5.96. The number of H-pyrrole nitrogens is 1. The van der Waals surface area contributed by atoms with Crippen molar-refractivity contribution in [1.82, 2.24) is 20.1 Å². The molecule has 1 unspecified atom stereocenters. The molecular formula is C25H29N7O2. The molecule has 0 spiro atoms. The van der Waals surface area contributed by atoms with E-state index in [9.17, 15) is 4.79 Å². The van der Waals surface area contributed by atoms with Gasteiger partial charge in [0.15, 0.2) is 0 Å². The number of hydrogen-bond acceptors (Lipinski definition) is 7. The summed E-state index contributed by atoms with van der Waals surface area (Å²) >= 11 is 0. The Hall–Kier alpha value is -3.72. The maximum Gasteiger partial charge on any atom is 0.229 e. The lowest BCUT2D eigenvalue weighted by Crippen LogP contribution is -2.44. The summed E-state index contributed by atoms with van der Waals surface area (Å²) in [5.74, 6) is 2.21. The maximum atomic E-state index is 12.5. The van der Waals surface area contributed by atoms with E-state index < -0.39 is 0 Å². The van der Waals surface area contributed by atoms with Gasteiger partial charge in [-0.3, -0.25) is 9.89 Å². The van der Waals surface area contributed by atoms with Gasteiger partial charge in [-0.05, 0) is 36.1 Å². The standard InChI is InChI=1S/C25H29N7O2/c1-16-15-34-12-11-32(16)23-13-20(21(14-26)24(29-23)28-22-7-9-27-30-22)18-5-3-17(4-6-18)19-8-10-31(2)25(19)33/h3-7,9,13-14,16,19,26H,8,10-12,15H2,1-2H3,(H2,27,28,29,30)/t16-,19?/m1/s1. The van der Waals surface area contributed by atoms with Crippen LogP contribution in [-0.4, -0.2) is 71.6 Å². The molecule has 1 amide bonds. The summed E-state index contributed by atoms with van der Waals surface area (Å²) in [5, 5.41) is 18.4. The predicted octanol–water partition coefficient (Wildman–Crippen LogP) is 3.38. The highest BCUT2D eigenvalue weighted by Gasteiger charge is 2.30. The van der Waals surface area contributed by atoms with E-state index in [2.05, 4.69) is 27.3 Å². The Morgan fingerprint density at radius 2 is 2.06 bits per heavy atom. The third kappa shape index (κ3) is 4.14. The Morgan fingerprint density at radius 1 is 1.24 bits per heavy atom. The van der Waals surface area contributed by atoms with Crippen LogP contribution in [0.15, 0.2) is 42.6 Å². The second kappa shape index (κ2) is 9.26. The third-order valence-electron chi connectivity index (χ3n) is 6.66. The van der Waals surface area contributed by atoms with Gasteiger partial charge in [-0.1, -0.05) is 24.3 Å². The van der Waals surface area contributed by atoms with Crippen molar-refractivity contribution in [2.75, 3.05) is 43.6 Å². The topological polar surface area (TPSA) is 110 Å². The van der Waals surface area contributed by atoms with Crippen LogP contribution >= 0.6 is 0 Å². The van der Waals surface area contributed by atoms with Crippen LogP contribution in [0.2, 0.25) is 0 Å². The molecule has 9 heteroatoms. The number of aromatic nitrogens is 3. The van der Waals surface area contributed by atoms with E-state index >= 15 is 0 Å². The minimum atomic E-state index is -0.0823. The predicted molar refractivity (Wildman–Crippen MR) is 132 cm³/mol. The molecule has 2 aromatic heterocycles. The number of rotatable bonds is 6. The zero-order valence-electron chi connectivity index (χ0n) is 19.4. The second-order valence-corrected chi connectivity index (χ2v) is 8.87. The van der Waals surface area contributed by atoms with Crippen molar-refractivity contribution in [3.63, 3.8) is 0 Å². The highest BCUT2D eigenvalue weighted by atomic mass is 16.5. The molecular weight excluding hydrogens is 430 g/mol. The molecule has 2 aliphatic rings. The lowest BCUT2D eigenvalue weighted by molar-refractivity contribution is -0.127. The third-order valence-corrected chi connectivity index (χ3v) is 6.66. The molecule has 4 heterocycles. The first-order valence-electron chi connectivity index (χ1n) is 11.6. The van der Waals surface area contributed by atoms with Gasteiger partial charge in [0, 0.05) is 38.0 Å². The number of benzene rings is 1. The Labute approximate surface area is 198 Å². The van der Waals surface area contributed by atoms with Crippen molar-refractivity contribution < 1.29 is 9.53 Å². The fraction of sp³-hybridized carbons (Fsp3) is 0.360. The van der Waals surface area contributed by atoms with Crippen LogP contribution in [0.5, 0.6) is 0 Å². The molecule has 5 rings (SSSR count). The number of nitrogens with one attached hydrogen (secondary N) is 3. The van der Waals surface area contributed by atoms with Gasteiger partial charge >= 0.3 is 0 Å². The largest absolute Gasteiger partial charge is 0.377 e. The molecule has 2 saturated heterocycles.